The van der Waals surface area contributed by atoms with E-state index in [1.165, 1.54) is 6.33 Å². The van der Waals surface area contributed by atoms with Gasteiger partial charge in [-0.05, 0) is 82.6 Å². The number of ether oxygens (including phenoxy) is 3. The average molecular weight is 819 g/mol. The van der Waals surface area contributed by atoms with Crippen molar-refractivity contribution < 1.29 is 23.0 Å². The van der Waals surface area contributed by atoms with Crippen molar-refractivity contribution in [2.45, 2.75) is 52.4 Å². The third kappa shape index (κ3) is 8.42. The second-order valence-corrected chi connectivity index (χ2v) is 20.0. The molecule has 5 aromatic rings. The third-order valence-electron chi connectivity index (χ3n) is 8.08. The van der Waals surface area contributed by atoms with Crippen molar-refractivity contribution in [2.24, 2.45) is 0 Å². The van der Waals surface area contributed by atoms with E-state index < -0.39 is 41.2 Å². The first-order chi connectivity index (χ1) is 23.3. The number of aromatic nitrogens is 3. The van der Waals surface area contributed by atoms with Crippen LogP contribution < -0.4 is 19.9 Å². The fourth-order valence-electron chi connectivity index (χ4n) is 5.22. The average Bonchev–Trinajstić information content (AvgIpc) is 3.08. The Morgan fingerprint density at radius 3 is 2.04 bits per heavy atom. The SMILES string of the molecule is COc1ccc(CN(Cc2ccc(OC)cc2)c2cc(C)c(I)c(-c3c(Cl)c(F)c4c(=O)n(COCC[Si](C)(C)C)cnc4c3F)n2)cc1. The van der Waals surface area contributed by atoms with Gasteiger partial charge < -0.3 is 19.1 Å². The molecular weight excluding hydrogens is 781 g/mol. The molecule has 2 heterocycles. The third-order valence-corrected chi connectivity index (χ3v) is 11.5. The molecule has 49 heavy (non-hydrogen) atoms. The molecule has 0 aliphatic heterocycles. The molecule has 0 radical (unpaired) electrons. The zero-order chi connectivity index (χ0) is 35.5. The monoisotopic (exact) mass is 818 g/mol. The lowest BCUT2D eigenvalue weighted by Crippen LogP contribution is -2.26. The first-order valence-corrected chi connectivity index (χ1v) is 20.8. The summed E-state index contributed by atoms with van der Waals surface area (Å²) in [5, 5.41) is -1.08. The van der Waals surface area contributed by atoms with Gasteiger partial charge in [0.25, 0.3) is 5.56 Å². The van der Waals surface area contributed by atoms with Crippen LogP contribution in [0.2, 0.25) is 30.7 Å². The smallest absolute Gasteiger partial charge is 0.266 e. The van der Waals surface area contributed by atoms with Gasteiger partial charge in [0.15, 0.2) is 11.6 Å². The maximum atomic E-state index is 16.5. The molecular formula is C36H38ClF2IN4O4Si. The summed E-state index contributed by atoms with van der Waals surface area (Å²) in [5.41, 5.74) is 1.44. The standard InChI is InChI=1S/C36H38ClF2IN4O4Si/c1-22-17-27(43(18-23-7-11-25(46-2)12-8-23)19-24-9-13-26(47-3)14-10-24)42-35(33(22)40)28-30(37)31(38)29-34(32(28)39)41-20-44(36(29)45)21-48-15-16-49(4,5)6/h7-14,17,20H,15-16,18-19,21H2,1-6H3. The highest BCUT2D eigenvalue weighted by Crippen LogP contribution is 2.40. The Morgan fingerprint density at radius 2 is 1.51 bits per heavy atom. The van der Waals surface area contributed by atoms with E-state index in [1.54, 1.807) is 14.2 Å². The molecule has 0 N–H and O–H groups in total. The lowest BCUT2D eigenvalue weighted by molar-refractivity contribution is 0.0843. The van der Waals surface area contributed by atoms with Gasteiger partial charge >= 0.3 is 0 Å². The van der Waals surface area contributed by atoms with E-state index in [0.717, 1.165) is 38.8 Å². The molecule has 0 saturated carbocycles. The number of methoxy groups -OCH3 is 2. The fraction of sp³-hybridized carbons (Fsp3) is 0.306. The van der Waals surface area contributed by atoms with Crippen LogP contribution >= 0.6 is 34.2 Å². The first kappa shape index (κ1) is 36.7. The van der Waals surface area contributed by atoms with Crippen LogP contribution in [0.5, 0.6) is 11.5 Å². The Kier molecular flexibility index (Phi) is 11.6. The fourth-order valence-corrected chi connectivity index (χ4v) is 6.79. The maximum absolute atomic E-state index is 16.5. The van der Waals surface area contributed by atoms with Gasteiger partial charge in [-0.25, -0.2) is 18.7 Å². The summed E-state index contributed by atoms with van der Waals surface area (Å²) in [7, 11) is 1.87. The molecule has 3 aromatic carbocycles. The Hall–Kier alpha value is -3.59. The van der Waals surface area contributed by atoms with Crippen LogP contribution in [-0.2, 0) is 24.6 Å². The molecule has 8 nitrogen and oxygen atoms in total. The first-order valence-electron chi connectivity index (χ1n) is 15.6. The minimum absolute atomic E-state index is 0.133. The lowest BCUT2D eigenvalue weighted by atomic mass is 10.0. The van der Waals surface area contributed by atoms with Crippen molar-refractivity contribution in [3.8, 4) is 22.8 Å². The van der Waals surface area contributed by atoms with E-state index in [2.05, 4.69) is 47.2 Å². The Balaban J connectivity index is 1.58. The molecule has 258 valence electrons. The summed E-state index contributed by atoms with van der Waals surface area (Å²) in [6, 6.07) is 18.2. The number of anilines is 1. The van der Waals surface area contributed by atoms with Crippen molar-refractivity contribution in [2.75, 3.05) is 25.7 Å². The van der Waals surface area contributed by atoms with Crippen LogP contribution in [0.15, 0.2) is 65.7 Å². The number of nitrogens with zero attached hydrogens (tertiary/aromatic N) is 4. The highest BCUT2D eigenvalue weighted by atomic mass is 127. The lowest BCUT2D eigenvalue weighted by Gasteiger charge is -2.26. The predicted molar refractivity (Wildman–Crippen MR) is 202 cm³/mol. The number of hydrogen-bond donors (Lipinski definition) is 0. The van der Waals surface area contributed by atoms with E-state index in [0.29, 0.717) is 29.1 Å². The summed E-state index contributed by atoms with van der Waals surface area (Å²) >= 11 is 8.65. The second kappa shape index (κ2) is 15.5. The van der Waals surface area contributed by atoms with Crippen LogP contribution in [0.3, 0.4) is 0 Å². The van der Waals surface area contributed by atoms with Crippen molar-refractivity contribution in [3.05, 3.63) is 108 Å². The number of aryl methyl sites for hydroxylation is 1. The van der Waals surface area contributed by atoms with E-state index in [-0.39, 0.29) is 18.0 Å². The molecule has 0 saturated heterocycles. The number of hydrogen-bond acceptors (Lipinski definition) is 7. The molecule has 0 aliphatic carbocycles. The molecule has 0 unspecified atom stereocenters. The van der Waals surface area contributed by atoms with Crippen molar-refractivity contribution in [1.82, 2.24) is 14.5 Å². The highest BCUT2D eigenvalue weighted by molar-refractivity contribution is 14.1. The molecule has 0 bridgehead atoms. The van der Waals surface area contributed by atoms with E-state index in [4.69, 9.17) is 30.8 Å². The zero-order valence-corrected chi connectivity index (χ0v) is 32.2. The van der Waals surface area contributed by atoms with E-state index in [9.17, 15) is 4.79 Å². The highest BCUT2D eigenvalue weighted by Gasteiger charge is 2.27. The molecule has 13 heteroatoms. The molecule has 2 aromatic heterocycles. The topological polar surface area (TPSA) is 78.7 Å². The molecule has 0 atom stereocenters. The van der Waals surface area contributed by atoms with Crippen LogP contribution in [-0.4, -0.2) is 43.4 Å². The quantitative estimate of drug-likeness (QED) is 0.0509. The van der Waals surface area contributed by atoms with Crippen molar-refractivity contribution in [1.29, 1.82) is 0 Å². The molecule has 0 spiro atoms. The Labute approximate surface area is 304 Å². The number of fused-ring (bicyclic) bond motifs is 1. The molecule has 5 rings (SSSR count). The van der Waals surface area contributed by atoms with Crippen LogP contribution in [0, 0.1) is 22.1 Å². The van der Waals surface area contributed by atoms with Gasteiger partial charge in [0.05, 0.1) is 30.5 Å². The van der Waals surface area contributed by atoms with Crippen LogP contribution in [0.4, 0.5) is 14.6 Å². The largest absolute Gasteiger partial charge is 0.497 e. The second-order valence-electron chi connectivity index (χ2n) is 12.9. The zero-order valence-electron chi connectivity index (χ0n) is 28.2. The van der Waals surface area contributed by atoms with Gasteiger partial charge in [-0.15, -0.1) is 0 Å². The summed E-state index contributed by atoms with van der Waals surface area (Å²) < 4.78 is 50.5. The molecule has 0 amide bonds. The number of pyridine rings is 1. The number of halogens is 4. The minimum atomic E-state index is -1.36. The van der Waals surface area contributed by atoms with Crippen LogP contribution in [0.1, 0.15) is 16.7 Å². The summed E-state index contributed by atoms with van der Waals surface area (Å²) in [6.45, 7) is 9.73. The van der Waals surface area contributed by atoms with Crippen molar-refractivity contribution in [3.63, 3.8) is 0 Å². The van der Waals surface area contributed by atoms with E-state index in [1.807, 2.05) is 66.4 Å². The van der Waals surface area contributed by atoms with Gasteiger partial charge in [-0.1, -0.05) is 55.5 Å². The van der Waals surface area contributed by atoms with Gasteiger partial charge in [0.2, 0.25) is 0 Å². The normalized spacial score (nSPS) is 11.6. The number of rotatable bonds is 13. The number of benzene rings is 3. The Bertz CT molecular complexity index is 1970. The van der Waals surface area contributed by atoms with Gasteiger partial charge in [-0.2, -0.15) is 0 Å². The maximum Gasteiger partial charge on any atom is 0.266 e. The van der Waals surface area contributed by atoms with Crippen LogP contribution in [0.25, 0.3) is 22.2 Å². The minimum Gasteiger partial charge on any atom is -0.497 e. The van der Waals surface area contributed by atoms with Gasteiger partial charge in [0.1, 0.15) is 41.3 Å². The van der Waals surface area contributed by atoms with Gasteiger partial charge in [0, 0.05) is 31.3 Å². The Morgan fingerprint density at radius 1 is 0.939 bits per heavy atom. The molecule has 0 aliphatic rings. The summed E-state index contributed by atoms with van der Waals surface area (Å²) in [5.74, 6) is -0.00168. The molecule has 0 fully saturated rings. The summed E-state index contributed by atoms with van der Waals surface area (Å²) in [4.78, 5) is 24.4. The van der Waals surface area contributed by atoms with E-state index >= 15 is 8.78 Å². The van der Waals surface area contributed by atoms with Gasteiger partial charge in [-0.3, -0.25) is 9.36 Å². The van der Waals surface area contributed by atoms with Crippen molar-refractivity contribution >= 4 is 59.0 Å². The summed E-state index contributed by atoms with van der Waals surface area (Å²) in [6.07, 6.45) is 1.17. The predicted octanol–water partition coefficient (Wildman–Crippen LogP) is 8.84.